The molecule has 0 unspecified atom stereocenters. The minimum Gasteiger partial charge on any atom is -0.494 e. The van der Waals surface area contributed by atoms with Gasteiger partial charge in [-0.25, -0.2) is 17.5 Å². The summed E-state index contributed by atoms with van der Waals surface area (Å²) in [5.41, 5.74) is 0.487. The Labute approximate surface area is 187 Å². The number of unbranched alkanes of at least 4 members (excludes halogenated alkanes) is 1. The van der Waals surface area contributed by atoms with Crippen LogP contribution in [0.15, 0.2) is 47.4 Å². The third kappa shape index (κ3) is 6.95. The van der Waals surface area contributed by atoms with Gasteiger partial charge in [0.05, 0.1) is 17.2 Å². The lowest BCUT2D eigenvalue weighted by molar-refractivity contribution is -0.119. The van der Waals surface area contributed by atoms with E-state index in [1.165, 1.54) is 32.3 Å². The minimum absolute atomic E-state index is 0.0280. The average Bonchev–Trinajstić information content (AvgIpc) is 2.74. The van der Waals surface area contributed by atoms with Gasteiger partial charge >= 0.3 is 5.97 Å². The summed E-state index contributed by atoms with van der Waals surface area (Å²) in [6, 6.07) is 10.5. The maximum absolute atomic E-state index is 12.3. The van der Waals surface area contributed by atoms with Gasteiger partial charge in [-0.1, -0.05) is 24.9 Å². The number of carbonyl (C=O) groups is 2. The van der Waals surface area contributed by atoms with Crippen molar-refractivity contribution >= 4 is 39.2 Å². The molecule has 1 amide bonds. The molecule has 31 heavy (non-hydrogen) atoms. The zero-order valence-corrected chi connectivity index (χ0v) is 19.1. The Balaban J connectivity index is 1.94. The molecular weight excluding hydrogens is 444 g/mol. The number of hydrogen-bond donors (Lipinski definition) is 1. The predicted octanol–water partition coefficient (Wildman–Crippen LogP) is 3.56. The van der Waals surface area contributed by atoms with E-state index in [-0.39, 0.29) is 21.2 Å². The topological polar surface area (TPSA) is 102 Å². The van der Waals surface area contributed by atoms with Crippen LogP contribution in [0.1, 0.15) is 30.1 Å². The van der Waals surface area contributed by atoms with Crippen molar-refractivity contribution in [3.63, 3.8) is 0 Å². The Hall–Kier alpha value is -2.62. The van der Waals surface area contributed by atoms with Crippen LogP contribution in [-0.2, 0) is 19.6 Å². The zero-order valence-electron chi connectivity index (χ0n) is 17.6. The average molecular weight is 469 g/mol. The van der Waals surface area contributed by atoms with Gasteiger partial charge in [0, 0.05) is 19.8 Å². The van der Waals surface area contributed by atoms with Gasteiger partial charge in [0.2, 0.25) is 10.0 Å². The van der Waals surface area contributed by atoms with Crippen LogP contribution in [0.5, 0.6) is 5.75 Å². The standard InChI is InChI=1S/C21H25ClN2O6S/c1-4-5-12-29-17-9-6-15(7-10-17)21(26)30-14-20(25)23-16-8-11-18(22)19(13-16)31(27,28)24(2)3/h6-11,13H,4-5,12,14H2,1-3H3,(H,23,25). The Bertz CT molecular complexity index is 1020. The molecule has 0 aromatic heterocycles. The van der Waals surface area contributed by atoms with Crippen LogP contribution in [0.25, 0.3) is 0 Å². The fourth-order valence-electron chi connectivity index (χ4n) is 2.41. The first-order valence-corrected chi connectivity index (χ1v) is 11.4. The second-order valence-corrected chi connectivity index (χ2v) is 9.31. The summed E-state index contributed by atoms with van der Waals surface area (Å²) in [5.74, 6) is -0.639. The first-order valence-electron chi connectivity index (χ1n) is 9.57. The molecule has 0 bridgehead atoms. The van der Waals surface area contributed by atoms with Gasteiger partial charge in [-0.3, -0.25) is 4.79 Å². The Morgan fingerprint density at radius 2 is 1.77 bits per heavy atom. The van der Waals surface area contributed by atoms with Crippen LogP contribution in [0.3, 0.4) is 0 Å². The molecule has 0 saturated carbocycles. The van der Waals surface area contributed by atoms with E-state index in [1.807, 2.05) is 0 Å². The summed E-state index contributed by atoms with van der Waals surface area (Å²) in [6.45, 7) is 2.13. The van der Waals surface area contributed by atoms with Gasteiger partial charge < -0.3 is 14.8 Å². The minimum atomic E-state index is -3.78. The van der Waals surface area contributed by atoms with E-state index in [9.17, 15) is 18.0 Å². The van der Waals surface area contributed by atoms with E-state index in [0.29, 0.717) is 12.4 Å². The summed E-state index contributed by atoms with van der Waals surface area (Å²) in [4.78, 5) is 24.1. The van der Waals surface area contributed by atoms with Crippen molar-refractivity contribution in [2.75, 3.05) is 32.6 Å². The van der Waals surface area contributed by atoms with Gasteiger partial charge in [0.1, 0.15) is 10.6 Å². The molecule has 0 fully saturated rings. The fraction of sp³-hybridized carbons (Fsp3) is 0.333. The first-order chi connectivity index (χ1) is 14.6. The molecule has 0 aliphatic rings. The van der Waals surface area contributed by atoms with E-state index in [0.717, 1.165) is 17.1 Å². The van der Waals surface area contributed by atoms with Crippen LogP contribution in [0, 0.1) is 0 Å². The van der Waals surface area contributed by atoms with Gasteiger partial charge in [-0.05, 0) is 48.9 Å². The summed E-state index contributed by atoms with van der Waals surface area (Å²) in [6.07, 6.45) is 1.96. The van der Waals surface area contributed by atoms with Crippen LogP contribution in [-0.4, -0.2) is 51.9 Å². The molecule has 1 N–H and O–H groups in total. The number of nitrogens with one attached hydrogen (secondary N) is 1. The van der Waals surface area contributed by atoms with Crippen molar-refractivity contribution in [1.29, 1.82) is 0 Å². The Kier molecular flexibility index (Phi) is 8.85. The molecule has 2 aromatic rings. The Morgan fingerprint density at radius 3 is 2.39 bits per heavy atom. The van der Waals surface area contributed by atoms with Crippen molar-refractivity contribution in [2.45, 2.75) is 24.7 Å². The second kappa shape index (κ2) is 11.1. The molecule has 168 valence electrons. The van der Waals surface area contributed by atoms with Crippen molar-refractivity contribution in [2.24, 2.45) is 0 Å². The number of nitrogens with zero attached hydrogens (tertiary/aromatic N) is 1. The van der Waals surface area contributed by atoms with E-state index in [4.69, 9.17) is 21.1 Å². The number of sulfonamides is 1. The molecule has 0 spiro atoms. The van der Waals surface area contributed by atoms with E-state index in [1.54, 1.807) is 24.3 Å². The molecule has 2 rings (SSSR count). The van der Waals surface area contributed by atoms with Crippen LogP contribution < -0.4 is 10.1 Å². The van der Waals surface area contributed by atoms with Crippen molar-refractivity contribution in [3.05, 3.63) is 53.1 Å². The number of amides is 1. The van der Waals surface area contributed by atoms with Crippen molar-refractivity contribution in [1.82, 2.24) is 4.31 Å². The maximum atomic E-state index is 12.3. The number of rotatable bonds is 10. The number of carbonyl (C=O) groups excluding carboxylic acids is 2. The molecule has 2 aromatic carbocycles. The molecule has 0 radical (unpaired) electrons. The SMILES string of the molecule is CCCCOc1ccc(C(=O)OCC(=O)Nc2ccc(Cl)c(S(=O)(=O)N(C)C)c2)cc1. The fourth-order valence-corrected chi connectivity index (χ4v) is 3.80. The first kappa shape index (κ1) is 24.6. The lowest BCUT2D eigenvalue weighted by Gasteiger charge is -2.14. The molecule has 0 aliphatic carbocycles. The number of ether oxygens (including phenoxy) is 2. The van der Waals surface area contributed by atoms with Crippen molar-refractivity contribution < 1.29 is 27.5 Å². The van der Waals surface area contributed by atoms with E-state index >= 15 is 0 Å². The summed E-state index contributed by atoms with van der Waals surface area (Å²) >= 11 is 5.98. The quantitative estimate of drug-likeness (QED) is 0.422. The highest BCUT2D eigenvalue weighted by Gasteiger charge is 2.21. The normalized spacial score (nSPS) is 11.3. The highest BCUT2D eigenvalue weighted by Crippen LogP contribution is 2.26. The third-order valence-electron chi connectivity index (χ3n) is 4.16. The summed E-state index contributed by atoms with van der Waals surface area (Å²) < 4.78 is 36.2. The van der Waals surface area contributed by atoms with E-state index in [2.05, 4.69) is 12.2 Å². The number of benzene rings is 2. The number of anilines is 1. The molecule has 0 aliphatic heterocycles. The molecule has 0 atom stereocenters. The monoisotopic (exact) mass is 468 g/mol. The zero-order chi connectivity index (χ0) is 23.0. The number of halogens is 1. The second-order valence-electron chi connectivity index (χ2n) is 6.78. The predicted molar refractivity (Wildman–Crippen MR) is 118 cm³/mol. The molecule has 0 saturated heterocycles. The van der Waals surface area contributed by atoms with Crippen LogP contribution in [0.4, 0.5) is 5.69 Å². The van der Waals surface area contributed by atoms with Gasteiger partial charge in [-0.2, -0.15) is 0 Å². The van der Waals surface area contributed by atoms with E-state index < -0.39 is 28.5 Å². The summed E-state index contributed by atoms with van der Waals surface area (Å²) in [5, 5.41) is 2.52. The van der Waals surface area contributed by atoms with Gasteiger partial charge in [0.25, 0.3) is 5.91 Å². The highest BCUT2D eigenvalue weighted by molar-refractivity contribution is 7.89. The summed E-state index contributed by atoms with van der Waals surface area (Å²) in [7, 11) is -1.03. The van der Waals surface area contributed by atoms with Gasteiger partial charge in [0.15, 0.2) is 6.61 Å². The third-order valence-corrected chi connectivity index (χ3v) is 6.46. The smallest absolute Gasteiger partial charge is 0.338 e. The number of hydrogen-bond acceptors (Lipinski definition) is 6. The molecular formula is C21H25ClN2O6S. The van der Waals surface area contributed by atoms with Crippen molar-refractivity contribution in [3.8, 4) is 5.75 Å². The van der Waals surface area contributed by atoms with Crippen LogP contribution in [0.2, 0.25) is 5.02 Å². The Morgan fingerprint density at radius 1 is 1.10 bits per heavy atom. The maximum Gasteiger partial charge on any atom is 0.338 e. The highest BCUT2D eigenvalue weighted by atomic mass is 35.5. The molecule has 8 nitrogen and oxygen atoms in total. The largest absolute Gasteiger partial charge is 0.494 e. The molecule has 0 heterocycles. The molecule has 10 heteroatoms. The van der Waals surface area contributed by atoms with Gasteiger partial charge in [-0.15, -0.1) is 0 Å². The lowest BCUT2D eigenvalue weighted by atomic mass is 10.2. The number of esters is 1. The lowest BCUT2D eigenvalue weighted by Crippen LogP contribution is -2.23. The van der Waals surface area contributed by atoms with Crippen LogP contribution >= 0.6 is 11.6 Å².